The van der Waals surface area contributed by atoms with Crippen LogP contribution in [0.25, 0.3) is 10.9 Å². The number of nitrogens with two attached hydrogens (primary N) is 1. The molecule has 1 aromatic heterocycles. The molecule has 1 saturated carbocycles. The van der Waals surface area contributed by atoms with E-state index in [0.29, 0.717) is 30.2 Å². The molecule has 9 heteroatoms. The van der Waals surface area contributed by atoms with E-state index in [2.05, 4.69) is 23.9 Å². The van der Waals surface area contributed by atoms with E-state index < -0.39 is 17.4 Å². The lowest BCUT2D eigenvalue weighted by Crippen LogP contribution is -2.45. The molecular formula is C21H27FN4O4. The molecule has 4 rings (SSSR count). The number of ether oxygens (including phenoxy) is 1. The summed E-state index contributed by atoms with van der Waals surface area (Å²) in [6.07, 6.45) is 2.48. The van der Waals surface area contributed by atoms with Crippen LogP contribution in [0.5, 0.6) is 5.75 Å². The Hall–Kier alpha value is -2.81. The summed E-state index contributed by atoms with van der Waals surface area (Å²) < 4.78 is 21.8. The third-order valence-corrected chi connectivity index (χ3v) is 6.58. The predicted molar refractivity (Wildman–Crippen MR) is 113 cm³/mol. The second-order valence-corrected chi connectivity index (χ2v) is 8.75. The van der Waals surface area contributed by atoms with E-state index in [0.717, 1.165) is 19.3 Å². The zero-order chi connectivity index (χ0) is 21.8. The number of pyridine rings is 1. The number of nitrogens with zero attached hydrogens (tertiary/aromatic N) is 2. The Morgan fingerprint density at radius 3 is 2.67 bits per heavy atom. The highest BCUT2D eigenvalue weighted by atomic mass is 19.1. The molecule has 2 aromatic rings. The quantitative estimate of drug-likeness (QED) is 0.506. The van der Waals surface area contributed by atoms with Crippen molar-refractivity contribution >= 4 is 28.4 Å². The number of rotatable bonds is 5. The third-order valence-electron chi connectivity index (χ3n) is 6.58. The average molecular weight is 418 g/mol. The third kappa shape index (κ3) is 3.36. The first kappa shape index (κ1) is 20.5. The van der Waals surface area contributed by atoms with Gasteiger partial charge in [0.25, 0.3) is 0 Å². The van der Waals surface area contributed by atoms with Crippen LogP contribution in [0.4, 0.5) is 20.6 Å². The largest absolute Gasteiger partial charge is 0.511 e. The van der Waals surface area contributed by atoms with Gasteiger partial charge in [0, 0.05) is 24.7 Å². The minimum absolute atomic E-state index is 0.0341. The molecule has 2 aliphatic rings. The van der Waals surface area contributed by atoms with Crippen LogP contribution in [-0.2, 0) is 0 Å². The lowest BCUT2D eigenvalue weighted by molar-refractivity contribution is 0.143. The van der Waals surface area contributed by atoms with Crippen molar-refractivity contribution in [2.45, 2.75) is 44.7 Å². The summed E-state index contributed by atoms with van der Waals surface area (Å²) in [6, 6.07) is 1.77. The molecule has 0 unspecified atom stereocenters. The number of carboxylic acid groups (broad SMARTS) is 1. The minimum Gasteiger partial charge on any atom is -0.449 e. The van der Waals surface area contributed by atoms with E-state index in [9.17, 15) is 9.59 Å². The van der Waals surface area contributed by atoms with E-state index >= 15 is 4.39 Å². The van der Waals surface area contributed by atoms with Crippen LogP contribution in [0.2, 0.25) is 0 Å². The minimum atomic E-state index is -1.60. The average Bonchev–Trinajstić information content (AvgIpc) is 3.41. The normalized spacial score (nSPS) is 19.5. The Bertz CT molecular complexity index is 1080. The van der Waals surface area contributed by atoms with E-state index in [1.165, 1.54) is 6.20 Å². The lowest BCUT2D eigenvalue weighted by Gasteiger charge is -2.31. The van der Waals surface area contributed by atoms with Crippen molar-refractivity contribution in [3.63, 3.8) is 0 Å². The van der Waals surface area contributed by atoms with Crippen LogP contribution < -0.4 is 26.1 Å². The van der Waals surface area contributed by atoms with Crippen LogP contribution in [0.15, 0.2) is 17.1 Å². The molecular weight excluding hydrogens is 391 g/mol. The standard InChI is InChI=1S/C21H27FN4O4/c1-21(2,24-3)11-6-7-25(9-11)14-8-13-16(18(23)17(14)22)19(27)15(30-20(28)29)10-26(13)12-4-5-12/h8,10-12,24H,4-7,9,23H2,1-3H3,(H,28,29)/t11-/m1/s1. The van der Waals surface area contributed by atoms with E-state index in [1.807, 2.05) is 11.9 Å². The maximum atomic E-state index is 15.3. The molecule has 1 aromatic carbocycles. The lowest BCUT2D eigenvalue weighted by atomic mass is 9.87. The molecule has 0 amide bonds. The van der Waals surface area contributed by atoms with Crippen molar-refractivity contribution in [2.24, 2.45) is 5.92 Å². The number of fused-ring (bicyclic) bond motifs is 1. The fraction of sp³-hybridized carbons (Fsp3) is 0.524. The van der Waals surface area contributed by atoms with Crippen LogP contribution in [-0.4, -0.2) is 41.5 Å². The molecule has 4 N–H and O–H groups in total. The van der Waals surface area contributed by atoms with Gasteiger partial charge in [-0.05, 0) is 52.1 Å². The SMILES string of the molecule is CNC(C)(C)[C@@H]1CCN(c2cc3c(c(N)c2F)c(=O)c(OC(=O)O)cn3C2CC2)C1. The zero-order valence-corrected chi connectivity index (χ0v) is 17.4. The maximum absolute atomic E-state index is 15.3. The van der Waals surface area contributed by atoms with Gasteiger partial charge in [-0.25, -0.2) is 9.18 Å². The van der Waals surface area contributed by atoms with Crippen molar-refractivity contribution in [2.75, 3.05) is 30.8 Å². The summed E-state index contributed by atoms with van der Waals surface area (Å²) in [7, 11) is 1.92. The van der Waals surface area contributed by atoms with Crippen LogP contribution in [0, 0.1) is 11.7 Å². The predicted octanol–water partition coefficient (Wildman–Crippen LogP) is 2.94. The number of aromatic nitrogens is 1. The Balaban J connectivity index is 1.84. The molecule has 8 nitrogen and oxygen atoms in total. The molecule has 2 heterocycles. The highest BCUT2D eigenvalue weighted by Gasteiger charge is 2.36. The fourth-order valence-corrected chi connectivity index (χ4v) is 4.29. The number of nitrogens with one attached hydrogen (secondary N) is 1. The Kier molecular flexibility index (Phi) is 4.88. The summed E-state index contributed by atoms with van der Waals surface area (Å²) in [6.45, 7) is 5.61. The summed E-state index contributed by atoms with van der Waals surface area (Å²) >= 11 is 0. The Morgan fingerprint density at radius 1 is 1.37 bits per heavy atom. The molecule has 0 spiro atoms. The van der Waals surface area contributed by atoms with Crippen molar-refractivity contribution in [3.8, 4) is 5.75 Å². The molecule has 1 aliphatic carbocycles. The highest BCUT2D eigenvalue weighted by Crippen LogP contribution is 2.41. The summed E-state index contributed by atoms with van der Waals surface area (Å²) in [4.78, 5) is 25.8. The van der Waals surface area contributed by atoms with Gasteiger partial charge < -0.3 is 30.4 Å². The maximum Gasteiger partial charge on any atom is 0.511 e. The van der Waals surface area contributed by atoms with Gasteiger partial charge in [-0.15, -0.1) is 0 Å². The van der Waals surface area contributed by atoms with Gasteiger partial charge in [0.2, 0.25) is 5.43 Å². The molecule has 0 bridgehead atoms. The van der Waals surface area contributed by atoms with E-state index in [1.54, 1.807) is 10.6 Å². The number of hydrogen-bond donors (Lipinski definition) is 3. The van der Waals surface area contributed by atoms with Crippen LogP contribution >= 0.6 is 0 Å². The molecule has 1 aliphatic heterocycles. The Morgan fingerprint density at radius 2 is 2.07 bits per heavy atom. The Labute approximate surface area is 173 Å². The summed E-state index contributed by atoms with van der Waals surface area (Å²) in [5.41, 5.74) is 5.89. The number of anilines is 2. The molecule has 162 valence electrons. The van der Waals surface area contributed by atoms with Gasteiger partial charge in [-0.2, -0.15) is 0 Å². The monoisotopic (exact) mass is 418 g/mol. The second kappa shape index (κ2) is 7.16. The molecule has 2 fully saturated rings. The molecule has 1 atom stereocenters. The zero-order valence-electron chi connectivity index (χ0n) is 17.4. The number of hydrogen-bond acceptors (Lipinski definition) is 6. The smallest absolute Gasteiger partial charge is 0.449 e. The first-order chi connectivity index (χ1) is 14.1. The van der Waals surface area contributed by atoms with Crippen molar-refractivity contribution in [3.05, 3.63) is 28.3 Å². The molecule has 0 radical (unpaired) electrons. The van der Waals surface area contributed by atoms with Crippen molar-refractivity contribution in [1.82, 2.24) is 9.88 Å². The molecule has 1 saturated heterocycles. The summed E-state index contributed by atoms with van der Waals surface area (Å²) in [5.74, 6) is -0.689. The number of carbonyl (C=O) groups is 1. The van der Waals surface area contributed by atoms with Crippen LogP contribution in [0.1, 0.15) is 39.2 Å². The fourth-order valence-electron chi connectivity index (χ4n) is 4.29. The summed E-state index contributed by atoms with van der Waals surface area (Å²) in [5, 5.41) is 12.2. The van der Waals surface area contributed by atoms with Gasteiger partial charge in [0.1, 0.15) is 0 Å². The van der Waals surface area contributed by atoms with Gasteiger partial charge >= 0.3 is 6.16 Å². The van der Waals surface area contributed by atoms with E-state index in [-0.39, 0.29) is 28.4 Å². The highest BCUT2D eigenvalue weighted by molar-refractivity contribution is 5.95. The van der Waals surface area contributed by atoms with Crippen LogP contribution in [0.3, 0.4) is 0 Å². The van der Waals surface area contributed by atoms with Gasteiger partial charge in [0.05, 0.1) is 28.5 Å². The topological polar surface area (TPSA) is 110 Å². The van der Waals surface area contributed by atoms with Gasteiger partial charge in [0.15, 0.2) is 11.6 Å². The first-order valence-corrected chi connectivity index (χ1v) is 10.2. The van der Waals surface area contributed by atoms with Gasteiger partial charge in [-0.3, -0.25) is 4.79 Å². The first-order valence-electron chi connectivity index (χ1n) is 10.2. The van der Waals surface area contributed by atoms with Gasteiger partial charge in [-0.1, -0.05) is 0 Å². The van der Waals surface area contributed by atoms with Crippen molar-refractivity contribution in [1.29, 1.82) is 0 Å². The number of nitrogen functional groups attached to an aromatic ring is 1. The second-order valence-electron chi connectivity index (χ2n) is 8.75. The number of benzene rings is 1. The molecule has 30 heavy (non-hydrogen) atoms. The number of halogens is 1. The van der Waals surface area contributed by atoms with E-state index in [4.69, 9.17) is 10.8 Å². The van der Waals surface area contributed by atoms with Crippen molar-refractivity contribution < 1.29 is 19.0 Å².